The average Bonchev–Trinajstić information content (AvgIpc) is 3.04. The van der Waals surface area contributed by atoms with Crippen LogP contribution in [-0.2, 0) is 20.7 Å². The second kappa shape index (κ2) is 8.52. The van der Waals surface area contributed by atoms with E-state index in [2.05, 4.69) is 11.4 Å². The summed E-state index contributed by atoms with van der Waals surface area (Å²) in [5, 5.41) is 3.77. The van der Waals surface area contributed by atoms with E-state index >= 15 is 0 Å². The molecule has 1 heterocycles. The van der Waals surface area contributed by atoms with Gasteiger partial charge in [-0.3, -0.25) is 9.59 Å². The zero-order valence-electron chi connectivity index (χ0n) is 17.6. The molecule has 1 atom stereocenters. The summed E-state index contributed by atoms with van der Waals surface area (Å²) >= 11 is 0. The van der Waals surface area contributed by atoms with Crippen LogP contribution in [0, 0.1) is 27.7 Å². The molecule has 0 aliphatic heterocycles. The molecule has 0 radical (unpaired) electrons. The second-order valence-electron chi connectivity index (χ2n) is 7.66. The van der Waals surface area contributed by atoms with Gasteiger partial charge in [-0.2, -0.15) is 0 Å². The van der Waals surface area contributed by atoms with Crippen molar-refractivity contribution in [2.75, 3.05) is 6.61 Å². The van der Waals surface area contributed by atoms with Gasteiger partial charge in [0.25, 0.3) is 5.91 Å². The fraction of sp³-hybridized carbons (Fsp3) is 0.333. The number of amides is 1. The quantitative estimate of drug-likeness (QED) is 0.620. The number of carbonyl (C=O) groups excluding carboxylic acids is 2. The Balaban J connectivity index is 1.54. The Kier molecular flexibility index (Phi) is 6.06. The molecule has 1 amide bonds. The van der Waals surface area contributed by atoms with Crippen molar-refractivity contribution in [2.24, 2.45) is 0 Å². The topological polar surface area (TPSA) is 68.5 Å². The number of hydrogen-bond donors (Lipinski definition) is 1. The molecule has 0 aliphatic carbocycles. The molecule has 0 unspecified atom stereocenters. The first-order valence-electron chi connectivity index (χ1n) is 9.74. The highest BCUT2D eigenvalue weighted by Crippen LogP contribution is 2.25. The van der Waals surface area contributed by atoms with Gasteiger partial charge in [-0.15, -0.1) is 0 Å². The third kappa shape index (κ3) is 4.86. The van der Waals surface area contributed by atoms with Crippen LogP contribution >= 0.6 is 0 Å². The largest absolute Gasteiger partial charge is 0.464 e. The van der Waals surface area contributed by atoms with Crippen molar-refractivity contribution in [3.8, 4) is 0 Å². The van der Waals surface area contributed by atoms with Crippen molar-refractivity contribution < 1.29 is 18.7 Å². The first-order valence-corrected chi connectivity index (χ1v) is 9.74. The minimum absolute atomic E-state index is 0.0650. The molecule has 0 fully saturated rings. The summed E-state index contributed by atoms with van der Waals surface area (Å²) in [5.74, 6) is -0.785. The summed E-state index contributed by atoms with van der Waals surface area (Å²) in [4.78, 5) is 24.4. The number of fused-ring (bicyclic) bond motifs is 1. The van der Waals surface area contributed by atoms with E-state index in [-0.39, 0.29) is 25.0 Å². The lowest BCUT2D eigenvalue weighted by atomic mass is 10.0. The first-order chi connectivity index (χ1) is 13.7. The van der Waals surface area contributed by atoms with Crippen LogP contribution in [0.2, 0.25) is 0 Å². The SMILES string of the molecule is Cc1ccc([C@H](C)NC(=O)COC(=O)Cc2coc3cc(C)c(C)cc23)cc1C. The highest BCUT2D eigenvalue weighted by Gasteiger charge is 2.15. The van der Waals surface area contributed by atoms with Gasteiger partial charge in [0.05, 0.1) is 18.7 Å². The molecule has 29 heavy (non-hydrogen) atoms. The molecule has 3 aromatic rings. The smallest absolute Gasteiger partial charge is 0.310 e. The van der Waals surface area contributed by atoms with Gasteiger partial charge in [0.2, 0.25) is 0 Å². The fourth-order valence-corrected chi connectivity index (χ4v) is 3.23. The second-order valence-corrected chi connectivity index (χ2v) is 7.66. The molecule has 5 heteroatoms. The molecule has 2 aromatic carbocycles. The Morgan fingerprint density at radius 2 is 1.69 bits per heavy atom. The molecular formula is C24H27NO4. The van der Waals surface area contributed by atoms with Gasteiger partial charge in [-0.05, 0) is 74.6 Å². The van der Waals surface area contributed by atoms with Crippen molar-refractivity contribution in [1.82, 2.24) is 5.32 Å². The maximum Gasteiger partial charge on any atom is 0.310 e. The number of rotatable bonds is 6. The summed E-state index contributed by atoms with van der Waals surface area (Å²) < 4.78 is 10.7. The van der Waals surface area contributed by atoms with Crippen LogP contribution in [-0.4, -0.2) is 18.5 Å². The summed E-state index contributed by atoms with van der Waals surface area (Å²) in [7, 11) is 0. The van der Waals surface area contributed by atoms with Crippen molar-refractivity contribution in [2.45, 2.75) is 47.1 Å². The van der Waals surface area contributed by atoms with Crippen molar-refractivity contribution in [3.05, 3.63) is 70.0 Å². The van der Waals surface area contributed by atoms with Crippen LogP contribution in [0.5, 0.6) is 0 Å². The van der Waals surface area contributed by atoms with Crippen molar-refractivity contribution in [3.63, 3.8) is 0 Å². The minimum atomic E-state index is -0.458. The summed E-state index contributed by atoms with van der Waals surface area (Å²) in [6.45, 7) is 9.73. The lowest BCUT2D eigenvalue weighted by Gasteiger charge is -2.15. The normalized spacial score (nSPS) is 12.0. The molecule has 3 rings (SSSR count). The van der Waals surface area contributed by atoms with Gasteiger partial charge in [0, 0.05) is 10.9 Å². The lowest BCUT2D eigenvalue weighted by Crippen LogP contribution is -2.31. The molecule has 5 nitrogen and oxygen atoms in total. The van der Waals surface area contributed by atoms with Gasteiger partial charge in [0.1, 0.15) is 5.58 Å². The Morgan fingerprint density at radius 3 is 2.41 bits per heavy atom. The van der Waals surface area contributed by atoms with Crippen LogP contribution in [0.25, 0.3) is 11.0 Å². The Hall–Kier alpha value is -3.08. The van der Waals surface area contributed by atoms with Gasteiger partial charge in [-0.1, -0.05) is 18.2 Å². The van der Waals surface area contributed by atoms with E-state index in [1.807, 2.05) is 58.9 Å². The third-order valence-electron chi connectivity index (χ3n) is 5.38. The zero-order chi connectivity index (χ0) is 21.1. The molecule has 0 saturated carbocycles. The molecule has 0 saturated heterocycles. The number of aryl methyl sites for hydroxylation is 4. The first kappa shape index (κ1) is 20.6. The van der Waals surface area contributed by atoms with Gasteiger partial charge in [0.15, 0.2) is 6.61 Å². The molecule has 1 N–H and O–H groups in total. The van der Waals surface area contributed by atoms with Crippen molar-refractivity contribution >= 4 is 22.8 Å². The van der Waals surface area contributed by atoms with Crippen LogP contribution in [0.1, 0.15) is 46.3 Å². The minimum Gasteiger partial charge on any atom is -0.464 e. The predicted octanol–water partition coefficient (Wildman–Crippen LogP) is 4.63. The highest BCUT2D eigenvalue weighted by atomic mass is 16.5. The van der Waals surface area contributed by atoms with Gasteiger partial charge < -0.3 is 14.5 Å². The molecular weight excluding hydrogens is 366 g/mol. The van der Waals surface area contributed by atoms with E-state index in [0.717, 1.165) is 33.2 Å². The van der Waals surface area contributed by atoms with E-state index in [1.54, 1.807) is 6.26 Å². The number of esters is 1. The standard InChI is InChI=1S/C24H27NO4/c1-14-6-7-19(8-15(14)2)18(5)25-23(26)13-29-24(27)11-20-12-28-22-10-17(4)16(3)9-21(20)22/h6-10,12,18H,11,13H2,1-5H3,(H,25,26)/t18-/m0/s1. The molecule has 152 valence electrons. The number of nitrogens with one attached hydrogen (secondary N) is 1. The lowest BCUT2D eigenvalue weighted by molar-refractivity contribution is -0.148. The van der Waals surface area contributed by atoms with Crippen LogP contribution in [0.3, 0.4) is 0 Å². The number of carbonyl (C=O) groups is 2. The molecule has 1 aromatic heterocycles. The summed E-state index contributed by atoms with van der Waals surface area (Å²) in [6.07, 6.45) is 1.64. The highest BCUT2D eigenvalue weighted by molar-refractivity contribution is 5.87. The van der Waals surface area contributed by atoms with Gasteiger partial charge in [-0.25, -0.2) is 0 Å². The van der Waals surface area contributed by atoms with Crippen LogP contribution in [0.15, 0.2) is 41.0 Å². The summed E-state index contributed by atoms with van der Waals surface area (Å²) in [6, 6.07) is 9.89. The fourth-order valence-electron chi connectivity index (χ4n) is 3.23. The Bertz CT molecular complexity index is 1060. The average molecular weight is 393 g/mol. The number of benzene rings is 2. The predicted molar refractivity (Wildman–Crippen MR) is 113 cm³/mol. The summed E-state index contributed by atoms with van der Waals surface area (Å²) in [5.41, 5.74) is 7.17. The Labute approximate surface area is 171 Å². The van der Waals surface area contributed by atoms with Crippen LogP contribution in [0.4, 0.5) is 0 Å². The van der Waals surface area contributed by atoms with E-state index in [4.69, 9.17) is 9.15 Å². The maximum absolute atomic E-state index is 12.2. The molecule has 0 aliphatic rings. The van der Waals surface area contributed by atoms with Gasteiger partial charge >= 0.3 is 5.97 Å². The Morgan fingerprint density at radius 1 is 1.00 bits per heavy atom. The monoisotopic (exact) mass is 393 g/mol. The van der Waals surface area contributed by atoms with E-state index < -0.39 is 5.97 Å². The maximum atomic E-state index is 12.2. The van der Waals surface area contributed by atoms with Crippen LogP contribution < -0.4 is 5.32 Å². The van der Waals surface area contributed by atoms with E-state index in [1.165, 1.54) is 11.1 Å². The van der Waals surface area contributed by atoms with E-state index in [9.17, 15) is 9.59 Å². The van der Waals surface area contributed by atoms with E-state index in [0.29, 0.717) is 0 Å². The number of ether oxygens (including phenoxy) is 1. The molecule has 0 bridgehead atoms. The zero-order valence-corrected chi connectivity index (χ0v) is 17.6. The third-order valence-corrected chi connectivity index (χ3v) is 5.38. The van der Waals surface area contributed by atoms with Crippen molar-refractivity contribution in [1.29, 1.82) is 0 Å². The number of hydrogen-bond acceptors (Lipinski definition) is 4. The number of furan rings is 1. The molecule has 0 spiro atoms.